The number of esters is 1. The van der Waals surface area contributed by atoms with Gasteiger partial charge in [-0.3, -0.25) is 29.0 Å². The van der Waals surface area contributed by atoms with Gasteiger partial charge >= 0.3 is 5.97 Å². The summed E-state index contributed by atoms with van der Waals surface area (Å²) in [5.74, 6) is -2.52. The molecule has 2 heterocycles. The number of carbonyl (C=O) groups is 5. The van der Waals surface area contributed by atoms with Crippen LogP contribution < -0.4 is 0 Å². The molecule has 0 saturated carbocycles. The zero-order valence-electron chi connectivity index (χ0n) is 21.2. The number of benzene rings is 4. The van der Waals surface area contributed by atoms with Crippen LogP contribution in [-0.4, -0.2) is 59.1 Å². The Morgan fingerprint density at radius 1 is 0.667 bits per heavy atom. The Labute approximate surface area is 223 Å². The fourth-order valence-electron chi connectivity index (χ4n) is 5.71. The van der Waals surface area contributed by atoms with E-state index >= 15 is 0 Å². The fraction of sp³-hybridized carbons (Fsp3) is 0.194. The Morgan fingerprint density at radius 2 is 1.10 bits per heavy atom. The molecule has 1 atom stereocenters. The van der Waals surface area contributed by atoms with Crippen molar-refractivity contribution in [2.45, 2.75) is 25.3 Å². The molecule has 4 amide bonds. The van der Waals surface area contributed by atoms with Gasteiger partial charge in [0.2, 0.25) is 0 Å². The molecular formula is C31H24N2O6. The molecule has 0 aromatic heterocycles. The maximum absolute atomic E-state index is 13.4. The highest BCUT2D eigenvalue weighted by Gasteiger charge is 2.41. The van der Waals surface area contributed by atoms with Gasteiger partial charge in [-0.25, -0.2) is 4.79 Å². The predicted octanol–water partition coefficient (Wildman–Crippen LogP) is 4.60. The van der Waals surface area contributed by atoms with Crippen molar-refractivity contribution in [3.63, 3.8) is 0 Å². The molecule has 0 aliphatic carbocycles. The van der Waals surface area contributed by atoms with E-state index in [4.69, 9.17) is 4.74 Å². The van der Waals surface area contributed by atoms with E-state index in [0.29, 0.717) is 45.9 Å². The van der Waals surface area contributed by atoms with Gasteiger partial charge in [0.25, 0.3) is 23.6 Å². The van der Waals surface area contributed by atoms with Crippen molar-refractivity contribution < 1.29 is 28.7 Å². The predicted molar refractivity (Wildman–Crippen MR) is 143 cm³/mol. The third-order valence-corrected chi connectivity index (χ3v) is 7.55. The number of nitrogens with zero attached hydrogens (tertiary/aromatic N) is 2. The second kappa shape index (κ2) is 9.47. The smallest absolute Gasteiger partial charge is 0.329 e. The molecule has 2 aliphatic rings. The van der Waals surface area contributed by atoms with Crippen molar-refractivity contribution in [1.82, 2.24) is 9.80 Å². The number of hydrogen-bond donors (Lipinski definition) is 0. The number of carbonyl (C=O) groups excluding carboxylic acids is 5. The van der Waals surface area contributed by atoms with Gasteiger partial charge in [-0.1, -0.05) is 48.5 Å². The molecule has 2 aliphatic heterocycles. The minimum atomic E-state index is -1.14. The zero-order valence-corrected chi connectivity index (χ0v) is 21.2. The summed E-state index contributed by atoms with van der Waals surface area (Å²) in [4.78, 5) is 68.3. The number of rotatable bonds is 7. The Hall–Kier alpha value is -4.85. The van der Waals surface area contributed by atoms with Crippen LogP contribution in [-0.2, 0) is 9.53 Å². The average molecular weight is 521 g/mol. The molecule has 0 spiro atoms. The topological polar surface area (TPSA) is 101 Å². The van der Waals surface area contributed by atoms with Crippen LogP contribution in [0, 0.1) is 0 Å². The molecule has 0 N–H and O–H groups in total. The van der Waals surface area contributed by atoms with Crippen molar-refractivity contribution in [3.8, 4) is 0 Å². The second-order valence-electron chi connectivity index (χ2n) is 9.70. The van der Waals surface area contributed by atoms with Crippen LogP contribution >= 0.6 is 0 Å². The first-order valence-electron chi connectivity index (χ1n) is 12.8. The standard InChI is InChI=1S/C31H24N2O6/c1-39-31(38)24(33-29(36)22-14-6-10-19-11-7-15-23(26(19)22)30(33)37)16-2-3-17-32-27(34)20-12-4-8-18-9-5-13-21(25(18)20)28(32)35/h4-15,24H,2-3,16-17H2,1H3/t24-/m1/s1. The zero-order chi connectivity index (χ0) is 27.3. The summed E-state index contributed by atoms with van der Waals surface area (Å²) in [7, 11) is 1.21. The number of ether oxygens (including phenoxy) is 1. The number of unbranched alkanes of at least 4 members (excludes halogenated alkanes) is 1. The summed E-state index contributed by atoms with van der Waals surface area (Å²) < 4.78 is 4.97. The van der Waals surface area contributed by atoms with Gasteiger partial charge in [0.15, 0.2) is 0 Å². The highest BCUT2D eigenvalue weighted by Crippen LogP contribution is 2.33. The molecule has 194 valence electrons. The number of amides is 4. The Morgan fingerprint density at radius 3 is 1.54 bits per heavy atom. The van der Waals surface area contributed by atoms with Crippen LogP contribution in [0.15, 0.2) is 72.8 Å². The molecule has 39 heavy (non-hydrogen) atoms. The summed E-state index contributed by atoms with van der Waals surface area (Å²) in [6.45, 7) is 0.139. The SMILES string of the molecule is COC(=O)[C@@H](CCCCN1C(=O)c2cccc3cccc(c23)C1=O)N1C(=O)c2cccc3cccc(c23)C1=O. The summed E-state index contributed by atoms with van der Waals surface area (Å²) in [5.41, 5.74) is 1.67. The molecule has 8 nitrogen and oxygen atoms in total. The molecule has 0 fully saturated rings. The molecule has 0 bridgehead atoms. The van der Waals surface area contributed by atoms with Gasteiger partial charge in [0.1, 0.15) is 6.04 Å². The Balaban J connectivity index is 1.20. The molecule has 0 unspecified atom stereocenters. The van der Waals surface area contributed by atoms with Gasteiger partial charge < -0.3 is 4.74 Å². The lowest BCUT2D eigenvalue weighted by Crippen LogP contribution is -2.51. The largest absolute Gasteiger partial charge is 0.467 e. The second-order valence-corrected chi connectivity index (χ2v) is 9.70. The van der Waals surface area contributed by atoms with Crippen LogP contribution in [0.1, 0.15) is 60.7 Å². The molecule has 6 rings (SSSR count). The van der Waals surface area contributed by atoms with Gasteiger partial charge in [0.05, 0.1) is 7.11 Å². The fourth-order valence-corrected chi connectivity index (χ4v) is 5.71. The Kier molecular flexibility index (Phi) is 5.95. The van der Waals surface area contributed by atoms with Gasteiger partial charge in [0, 0.05) is 39.6 Å². The van der Waals surface area contributed by atoms with E-state index in [0.717, 1.165) is 15.7 Å². The van der Waals surface area contributed by atoms with Crippen LogP contribution in [0.2, 0.25) is 0 Å². The number of methoxy groups -OCH3 is 1. The van der Waals surface area contributed by atoms with Crippen molar-refractivity contribution in [2.75, 3.05) is 13.7 Å². The summed E-state index contributed by atoms with van der Waals surface area (Å²) in [6.07, 6.45) is 0.877. The van der Waals surface area contributed by atoms with Crippen LogP contribution in [0.3, 0.4) is 0 Å². The summed E-state index contributed by atoms with van der Waals surface area (Å²) >= 11 is 0. The van der Waals surface area contributed by atoms with Gasteiger partial charge in [-0.05, 0) is 54.3 Å². The molecule has 8 heteroatoms. The average Bonchev–Trinajstić information content (AvgIpc) is 2.96. The number of hydrogen-bond acceptors (Lipinski definition) is 6. The van der Waals surface area contributed by atoms with E-state index < -0.39 is 23.8 Å². The molecule has 4 aromatic rings. The minimum absolute atomic E-state index is 0.130. The third-order valence-electron chi connectivity index (χ3n) is 7.55. The van der Waals surface area contributed by atoms with Crippen LogP contribution in [0.25, 0.3) is 21.5 Å². The minimum Gasteiger partial charge on any atom is -0.467 e. The first kappa shape index (κ1) is 24.5. The monoisotopic (exact) mass is 520 g/mol. The molecule has 4 aromatic carbocycles. The maximum Gasteiger partial charge on any atom is 0.329 e. The van der Waals surface area contributed by atoms with Crippen molar-refractivity contribution in [1.29, 1.82) is 0 Å². The van der Waals surface area contributed by atoms with Crippen molar-refractivity contribution in [3.05, 3.63) is 95.1 Å². The van der Waals surface area contributed by atoms with E-state index in [2.05, 4.69) is 0 Å². The van der Waals surface area contributed by atoms with Crippen LogP contribution in [0.5, 0.6) is 0 Å². The van der Waals surface area contributed by atoms with E-state index in [9.17, 15) is 24.0 Å². The van der Waals surface area contributed by atoms with Gasteiger partial charge in [-0.15, -0.1) is 0 Å². The third kappa shape index (κ3) is 3.79. The lowest BCUT2D eigenvalue weighted by Gasteiger charge is -2.32. The van der Waals surface area contributed by atoms with E-state index in [1.807, 2.05) is 24.3 Å². The highest BCUT2D eigenvalue weighted by atomic mass is 16.5. The maximum atomic E-state index is 13.4. The van der Waals surface area contributed by atoms with E-state index in [1.165, 1.54) is 12.0 Å². The highest BCUT2D eigenvalue weighted by molar-refractivity contribution is 6.27. The normalized spacial score (nSPS) is 15.3. The quantitative estimate of drug-likeness (QED) is 0.201. The number of imide groups is 2. The molecule has 0 saturated heterocycles. The summed E-state index contributed by atoms with van der Waals surface area (Å²) in [5, 5.41) is 2.84. The lowest BCUT2D eigenvalue weighted by molar-refractivity contribution is -0.145. The molecular weight excluding hydrogens is 496 g/mol. The summed E-state index contributed by atoms with van der Waals surface area (Å²) in [6, 6.07) is 20.1. The van der Waals surface area contributed by atoms with Crippen molar-refractivity contribution >= 4 is 51.1 Å². The van der Waals surface area contributed by atoms with E-state index in [-0.39, 0.29) is 24.8 Å². The van der Waals surface area contributed by atoms with E-state index in [1.54, 1.807) is 48.5 Å². The lowest BCUT2D eigenvalue weighted by atomic mass is 9.92. The van der Waals surface area contributed by atoms with Crippen LogP contribution in [0.4, 0.5) is 0 Å². The Bertz CT molecular complexity index is 1620. The van der Waals surface area contributed by atoms with Gasteiger partial charge in [-0.2, -0.15) is 0 Å². The first-order chi connectivity index (χ1) is 18.9. The van der Waals surface area contributed by atoms with Crippen molar-refractivity contribution in [2.24, 2.45) is 0 Å². The molecule has 0 radical (unpaired) electrons. The first-order valence-corrected chi connectivity index (χ1v) is 12.8.